The van der Waals surface area contributed by atoms with Crippen molar-refractivity contribution in [2.24, 2.45) is 17.8 Å². The van der Waals surface area contributed by atoms with Crippen LogP contribution in [0.3, 0.4) is 0 Å². The molecule has 0 aromatic heterocycles. The highest BCUT2D eigenvalue weighted by Gasteiger charge is 2.50. The van der Waals surface area contributed by atoms with Crippen molar-refractivity contribution in [1.29, 1.82) is 0 Å². The maximum Gasteiger partial charge on any atom is 0.227 e. The van der Waals surface area contributed by atoms with Crippen molar-refractivity contribution >= 4 is 17.5 Å². The van der Waals surface area contributed by atoms with Gasteiger partial charge in [0.25, 0.3) is 0 Å². The number of benzene rings is 2. The lowest BCUT2D eigenvalue weighted by Gasteiger charge is -2.30. The second-order valence-corrected chi connectivity index (χ2v) is 8.13. The Labute approximate surface area is 172 Å². The average molecular weight is 396 g/mol. The number of fused-ring (bicyclic) bond motifs is 1. The predicted molar refractivity (Wildman–Crippen MR) is 112 cm³/mol. The van der Waals surface area contributed by atoms with Crippen LogP contribution in [0.5, 0.6) is 5.75 Å². The van der Waals surface area contributed by atoms with Gasteiger partial charge in [-0.15, -0.1) is 0 Å². The van der Waals surface area contributed by atoms with Gasteiger partial charge in [0, 0.05) is 18.4 Å². The van der Waals surface area contributed by atoms with Gasteiger partial charge in [0.2, 0.25) is 5.91 Å². The fraction of sp³-hybridized carbons (Fsp3) is 0.375. The van der Waals surface area contributed by atoms with Crippen LogP contribution < -0.4 is 4.74 Å². The zero-order chi connectivity index (χ0) is 19.7. The van der Waals surface area contributed by atoms with Gasteiger partial charge in [-0.3, -0.25) is 4.79 Å². The molecule has 1 amide bonds. The number of halogens is 1. The van der Waals surface area contributed by atoms with Crippen molar-refractivity contribution in [3.05, 3.63) is 76.8 Å². The van der Waals surface area contributed by atoms with E-state index in [1.165, 1.54) is 0 Å². The van der Waals surface area contributed by atoms with Crippen LogP contribution in [-0.4, -0.2) is 17.9 Å². The van der Waals surface area contributed by atoms with Gasteiger partial charge in [-0.1, -0.05) is 73.5 Å². The Morgan fingerprint density at radius 1 is 1.18 bits per heavy atom. The first kappa shape index (κ1) is 19.1. The Kier molecular flexibility index (Phi) is 5.45. The van der Waals surface area contributed by atoms with Crippen LogP contribution in [0.25, 0.3) is 0 Å². The number of carbonyl (C=O) groups is 1. The molecular weight excluding hydrogens is 370 g/mol. The van der Waals surface area contributed by atoms with Gasteiger partial charge in [0.05, 0.1) is 18.2 Å². The van der Waals surface area contributed by atoms with Crippen LogP contribution in [0, 0.1) is 17.8 Å². The molecule has 1 heterocycles. The minimum atomic E-state index is -0.00767. The molecule has 2 aliphatic rings. The summed E-state index contributed by atoms with van der Waals surface area (Å²) >= 11 is 6.44. The van der Waals surface area contributed by atoms with E-state index in [1.807, 2.05) is 36.4 Å². The zero-order valence-corrected chi connectivity index (χ0v) is 17.1. The standard InChI is InChI=1S/C24H26ClNO2/c1-3-17-10-7-11-19-22(17)24(27)26(15-16-8-5-4-6-9-16)23(19)18-12-13-21(28-2)20(25)14-18/h4-9,11-14,17,19,22-23H,3,10,15H2,1-2H3/t17-,19+,22+,23-/m0/s1. The van der Waals surface area contributed by atoms with Crippen molar-refractivity contribution < 1.29 is 9.53 Å². The minimum absolute atomic E-state index is 0.00767. The summed E-state index contributed by atoms with van der Waals surface area (Å²) in [4.78, 5) is 15.6. The molecule has 1 saturated heterocycles. The normalized spacial score (nSPS) is 26.4. The fourth-order valence-corrected chi connectivity index (χ4v) is 5.11. The molecule has 1 fully saturated rings. The predicted octanol–water partition coefficient (Wildman–Crippen LogP) is 5.65. The number of ether oxygens (including phenoxy) is 1. The van der Waals surface area contributed by atoms with Crippen molar-refractivity contribution in [2.75, 3.05) is 7.11 Å². The molecule has 0 unspecified atom stereocenters. The summed E-state index contributed by atoms with van der Waals surface area (Å²) in [7, 11) is 1.62. The molecule has 0 saturated carbocycles. The first-order valence-electron chi connectivity index (χ1n) is 9.98. The van der Waals surface area contributed by atoms with Gasteiger partial charge in [-0.2, -0.15) is 0 Å². The number of allylic oxidation sites excluding steroid dienone is 1. The Bertz CT molecular complexity index is 879. The molecule has 0 spiro atoms. The summed E-state index contributed by atoms with van der Waals surface area (Å²) in [6.07, 6.45) is 6.51. The SMILES string of the molecule is CC[C@H]1CC=C[C@@H]2[C@@H]1C(=O)N(Cc1ccccc1)[C@H]2c1ccc(OC)c(Cl)c1. The lowest BCUT2D eigenvalue weighted by Crippen LogP contribution is -2.31. The molecule has 28 heavy (non-hydrogen) atoms. The van der Waals surface area contributed by atoms with Crippen LogP contribution >= 0.6 is 11.6 Å². The van der Waals surface area contributed by atoms with E-state index in [-0.39, 0.29) is 23.8 Å². The number of carbonyl (C=O) groups excluding carboxylic acids is 1. The van der Waals surface area contributed by atoms with E-state index in [9.17, 15) is 4.79 Å². The van der Waals surface area contributed by atoms with E-state index in [0.29, 0.717) is 23.2 Å². The van der Waals surface area contributed by atoms with Crippen LogP contribution in [0.15, 0.2) is 60.7 Å². The van der Waals surface area contributed by atoms with Crippen molar-refractivity contribution in [1.82, 2.24) is 4.90 Å². The van der Waals surface area contributed by atoms with E-state index in [1.54, 1.807) is 7.11 Å². The largest absolute Gasteiger partial charge is 0.495 e. The first-order valence-corrected chi connectivity index (χ1v) is 10.4. The second kappa shape index (κ2) is 8.00. The van der Waals surface area contributed by atoms with Gasteiger partial charge in [0.15, 0.2) is 0 Å². The summed E-state index contributed by atoms with van der Waals surface area (Å²) < 4.78 is 5.32. The van der Waals surface area contributed by atoms with Gasteiger partial charge in [0.1, 0.15) is 5.75 Å². The van der Waals surface area contributed by atoms with Gasteiger partial charge < -0.3 is 9.64 Å². The first-order chi connectivity index (χ1) is 13.6. The Morgan fingerprint density at radius 2 is 1.96 bits per heavy atom. The average Bonchev–Trinajstić information content (AvgIpc) is 3.00. The summed E-state index contributed by atoms with van der Waals surface area (Å²) in [6.45, 7) is 2.80. The number of rotatable bonds is 5. The minimum Gasteiger partial charge on any atom is -0.495 e. The molecule has 2 aromatic rings. The summed E-state index contributed by atoms with van der Waals surface area (Å²) in [5.74, 6) is 1.55. The van der Waals surface area contributed by atoms with Gasteiger partial charge >= 0.3 is 0 Å². The lowest BCUT2D eigenvalue weighted by molar-refractivity contribution is -0.134. The number of likely N-dealkylation sites (tertiary alicyclic amines) is 1. The highest BCUT2D eigenvalue weighted by molar-refractivity contribution is 6.32. The number of hydrogen-bond acceptors (Lipinski definition) is 2. The Balaban J connectivity index is 1.76. The molecule has 1 aliphatic heterocycles. The highest BCUT2D eigenvalue weighted by Crippen LogP contribution is 2.50. The smallest absolute Gasteiger partial charge is 0.227 e. The van der Waals surface area contributed by atoms with Crippen molar-refractivity contribution in [3.8, 4) is 5.75 Å². The third kappa shape index (κ3) is 3.33. The van der Waals surface area contributed by atoms with Crippen LogP contribution in [0.4, 0.5) is 0 Å². The third-order valence-electron chi connectivity index (χ3n) is 6.23. The quantitative estimate of drug-likeness (QED) is 0.612. The third-order valence-corrected chi connectivity index (χ3v) is 6.52. The maximum atomic E-state index is 13.5. The van der Waals surface area contributed by atoms with Crippen LogP contribution in [0.1, 0.15) is 36.9 Å². The lowest BCUT2D eigenvalue weighted by atomic mass is 9.73. The van der Waals surface area contributed by atoms with Gasteiger partial charge in [-0.05, 0) is 35.6 Å². The molecule has 3 nitrogen and oxygen atoms in total. The molecular formula is C24H26ClNO2. The monoisotopic (exact) mass is 395 g/mol. The summed E-state index contributed by atoms with van der Waals surface area (Å²) in [5.41, 5.74) is 2.22. The molecule has 4 atom stereocenters. The number of hydrogen-bond donors (Lipinski definition) is 0. The van der Waals surface area contributed by atoms with Crippen LogP contribution in [-0.2, 0) is 11.3 Å². The van der Waals surface area contributed by atoms with Crippen LogP contribution in [0.2, 0.25) is 5.02 Å². The zero-order valence-electron chi connectivity index (χ0n) is 16.3. The number of methoxy groups -OCH3 is 1. The second-order valence-electron chi connectivity index (χ2n) is 7.73. The maximum absolute atomic E-state index is 13.5. The van der Waals surface area contributed by atoms with Crippen molar-refractivity contribution in [3.63, 3.8) is 0 Å². The fourth-order valence-electron chi connectivity index (χ4n) is 4.84. The van der Waals surface area contributed by atoms with E-state index in [2.05, 4.69) is 36.1 Å². The molecule has 146 valence electrons. The topological polar surface area (TPSA) is 29.5 Å². The Hall–Kier alpha value is -2.26. The van der Waals surface area contributed by atoms with E-state index >= 15 is 0 Å². The van der Waals surface area contributed by atoms with E-state index in [4.69, 9.17) is 16.3 Å². The molecule has 1 aliphatic carbocycles. The highest BCUT2D eigenvalue weighted by atomic mass is 35.5. The number of amides is 1. The summed E-state index contributed by atoms with van der Waals surface area (Å²) in [5, 5.41) is 0.586. The number of nitrogens with zero attached hydrogens (tertiary/aromatic N) is 1. The molecule has 4 rings (SSSR count). The molecule has 4 heteroatoms. The molecule has 0 bridgehead atoms. The molecule has 0 N–H and O–H groups in total. The summed E-state index contributed by atoms with van der Waals surface area (Å²) in [6, 6.07) is 16.1. The van der Waals surface area contributed by atoms with Gasteiger partial charge in [-0.25, -0.2) is 0 Å². The molecule has 2 aromatic carbocycles. The van der Waals surface area contributed by atoms with E-state index < -0.39 is 0 Å². The van der Waals surface area contributed by atoms with E-state index in [0.717, 1.165) is 24.0 Å². The molecule has 0 radical (unpaired) electrons. The Morgan fingerprint density at radius 3 is 2.64 bits per heavy atom. The van der Waals surface area contributed by atoms with Crippen molar-refractivity contribution in [2.45, 2.75) is 32.4 Å².